The number of carbonyl (C=O) groups excluding carboxylic acids is 2. The first-order valence-electron chi connectivity index (χ1n) is 8.45. The zero-order chi connectivity index (χ0) is 18.5. The van der Waals surface area contributed by atoms with Crippen LogP contribution < -0.4 is 10.2 Å². The maximum Gasteiger partial charge on any atom is 0.254 e. The number of pyridine rings is 1. The van der Waals surface area contributed by atoms with Crippen molar-refractivity contribution in [2.45, 2.75) is 11.8 Å². The summed E-state index contributed by atoms with van der Waals surface area (Å²) >= 11 is 6.41. The molecule has 2 amide bonds. The van der Waals surface area contributed by atoms with E-state index in [1.54, 1.807) is 20.2 Å². The third-order valence-electron chi connectivity index (χ3n) is 5.17. The number of hydrogen-bond donors (Lipinski definition) is 1. The smallest absolute Gasteiger partial charge is 0.254 e. The number of rotatable bonds is 2. The van der Waals surface area contributed by atoms with Crippen LogP contribution in [0.1, 0.15) is 22.3 Å². The molecule has 6 nitrogen and oxygen atoms in total. The molecule has 134 valence electrons. The third kappa shape index (κ3) is 2.44. The lowest BCUT2D eigenvalue weighted by Crippen LogP contribution is -2.37. The summed E-state index contributed by atoms with van der Waals surface area (Å²) in [7, 11) is 3.37. The summed E-state index contributed by atoms with van der Waals surface area (Å²) in [5.74, 6) is 0.487. The third-order valence-corrected chi connectivity index (χ3v) is 5.45. The van der Waals surface area contributed by atoms with E-state index in [1.807, 2.05) is 29.2 Å². The first-order valence-corrected chi connectivity index (χ1v) is 8.83. The van der Waals surface area contributed by atoms with Crippen molar-refractivity contribution in [1.82, 2.24) is 9.88 Å². The van der Waals surface area contributed by atoms with E-state index in [-0.39, 0.29) is 11.8 Å². The van der Waals surface area contributed by atoms with Gasteiger partial charge in [0, 0.05) is 39.1 Å². The molecule has 2 aliphatic rings. The molecule has 1 fully saturated rings. The van der Waals surface area contributed by atoms with E-state index >= 15 is 0 Å². The molecule has 7 heteroatoms. The molecule has 2 aliphatic heterocycles. The number of para-hydroxylation sites is 1. The fourth-order valence-electron chi connectivity index (χ4n) is 3.81. The Balaban J connectivity index is 1.64. The lowest BCUT2D eigenvalue weighted by Gasteiger charge is -2.24. The maximum atomic E-state index is 12.7. The summed E-state index contributed by atoms with van der Waals surface area (Å²) in [5.41, 5.74) is 1.79. The van der Waals surface area contributed by atoms with Gasteiger partial charge in [0.15, 0.2) is 0 Å². The van der Waals surface area contributed by atoms with Gasteiger partial charge in [-0.15, -0.1) is 0 Å². The van der Waals surface area contributed by atoms with E-state index in [1.165, 1.54) is 11.1 Å². The van der Waals surface area contributed by atoms with E-state index in [0.717, 1.165) is 11.3 Å². The summed E-state index contributed by atoms with van der Waals surface area (Å²) in [6, 6.07) is 9.45. The molecule has 0 bridgehead atoms. The van der Waals surface area contributed by atoms with Gasteiger partial charge in [0.25, 0.3) is 5.91 Å². The number of nitrogens with one attached hydrogen (secondary N) is 1. The Kier molecular flexibility index (Phi) is 3.88. The Morgan fingerprint density at radius 1 is 1.35 bits per heavy atom. The van der Waals surface area contributed by atoms with Crippen molar-refractivity contribution in [1.29, 1.82) is 0 Å². The largest absolute Gasteiger partial charge is 0.354 e. The SMILES string of the molecule is CN(C)C(=O)c1cnc(N2CCC3(C2)C(=O)Nc2ccccc23)c(Cl)c1. The van der Waals surface area contributed by atoms with Crippen molar-refractivity contribution in [3.63, 3.8) is 0 Å². The number of benzene rings is 1. The van der Waals surface area contributed by atoms with E-state index in [2.05, 4.69) is 10.3 Å². The molecule has 0 aliphatic carbocycles. The Morgan fingerprint density at radius 3 is 2.85 bits per heavy atom. The van der Waals surface area contributed by atoms with Crippen LogP contribution in [0.15, 0.2) is 36.5 Å². The van der Waals surface area contributed by atoms with E-state index < -0.39 is 5.41 Å². The molecule has 4 rings (SSSR count). The quantitative estimate of drug-likeness (QED) is 0.882. The van der Waals surface area contributed by atoms with Gasteiger partial charge in [-0.3, -0.25) is 9.59 Å². The van der Waals surface area contributed by atoms with Crippen LogP contribution in [-0.4, -0.2) is 48.9 Å². The van der Waals surface area contributed by atoms with E-state index in [4.69, 9.17) is 11.6 Å². The average Bonchev–Trinajstić information content (AvgIpc) is 3.18. The van der Waals surface area contributed by atoms with Gasteiger partial charge < -0.3 is 15.1 Å². The van der Waals surface area contributed by atoms with E-state index in [0.29, 0.717) is 35.9 Å². The molecular weight excluding hydrogens is 352 g/mol. The number of nitrogens with zero attached hydrogens (tertiary/aromatic N) is 3. The van der Waals surface area contributed by atoms with Crippen LogP contribution in [0, 0.1) is 0 Å². The molecule has 1 aromatic carbocycles. The van der Waals surface area contributed by atoms with Gasteiger partial charge >= 0.3 is 0 Å². The molecule has 1 N–H and O–H groups in total. The first kappa shape index (κ1) is 16.8. The molecule has 0 saturated carbocycles. The number of fused-ring (bicyclic) bond motifs is 2. The highest BCUT2D eigenvalue weighted by molar-refractivity contribution is 6.33. The Labute approximate surface area is 156 Å². The standard InChI is InChI=1S/C19H19ClN4O2/c1-23(2)17(25)12-9-14(20)16(21-10-12)24-8-7-19(11-24)13-5-3-4-6-15(13)22-18(19)26/h3-6,9-10H,7-8,11H2,1-2H3,(H,22,26). The summed E-state index contributed by atoms with van der Waals surface area (Å²) in [6.07, 6.45) is 2.24. The number of aromatic nitrogens is 1. The van der Waals surface area contributed by atoms with Crippen LogP contribution >= 0.6 is 11.6 Å². The number of hydrogen-bond acceptors (Lipinski definition) is 4. The van der Waals surface area contributed by atoms with Crippen molar-refractivity contribution in [3.05, 3.63) is 52.7 Å². The van der Waals surface area contributed by atoms with Crippen molar-refractivity contribution >= 4 is 34.9 Å². The second-order valence-corrected chi connectivity index (χ2v) is 7.39. The second-order valence-electron chi connectivity index (χ2n) is 6.98. The van der Waals surface area contributed by atoms with Crippen LogP contribution in [0.2, 0.25) is 5.02 Å². The van der Waals surface area contributed by atoms with Crippen LogP contribution in [0.4, 0.5) is 11.5 Å². The highest BCUT2D eigenvalue weighted by Gasteiger charge is 2.51. The lowest BCUT2D eigenvalue weighted by atomic mass is 9.81. The number of carbonyl (C=O) groups is 2. The highest BCUT2D eigenvalue weighted by atomic mass is 35.5. The Bertz CT molecular complexity index is 914. The number of amides is 2. The molecule has 26 heavy (non-hydrogen) atoms. The van der Waals surface area contributed by atoms with Crippen molar-refractivity contribution in [2.24, 2.45) is 0 Å². The van der Waals surface area contributed by atoms with Crippen molar-refractivity contribution < 1.29 is 9.59 Å². The molecule has 1 aromatic heterocycles. The van der Waals surface area contributed by atoms with Crippen LogP contribution in [0.25, 0.3) is 0 Å². The van der Waals surface area contributed by atoms with Gasteiger partial charge in [0.05, 0.1) is 16.0 Å². The molecule has 1 atom stereocenters. The molecule has 1 saturated heterocycles. The van der Waals surface area contributed by atoms with Crippen LogP contribution in [0.3, 0.4) is 0 Å². The highest BCUT2D eigenvalue weighted by Crippen LogP contribution is 2.45. The second kappa shape index (κ2) is 5.99. The summed E-state index contributed by atoms with van der Waals surface area (Å²) < 4.78 is 0. The molecule has 1 spiro atoms. The van der Waals surface area contributed by atoms with Gasteiger partial charge in [0.1, 0.15) is 5.82 Å². The Hall–Kier alpha value is -2.60. The predicted molar refractivity (Wildman–Crippen MR) is 101 cm³/mol. The van der Waals surface area contributed by atoms with Crippen LogP contribution in [-0.2, 0) is 10.2 Å². The predicted octanol–water partition coefficient (Wildman–Crippen LogP) is 2.54. The first-order chi connectivity index (χ1) is 12.4. The summed E-state index contributed by atoms with van der Waals surface area (Å²) in [5, 5.41) is 3.40. The fourth-order valence-corrected chi connectivity index (χ4v) is 4.09. The minimum atomic E-state index is -0.570. The van der Waals surface area contributed by atoms with Gasteiger partial charge in [-0.25, -0.2) is 4.98 Å². The van der Waals surface area contributed by atoms with Gasteiger partial charge in [-0.1, -0.05) is 29.8 Å². The van der Waals surface area contributed by atoms with Crippen molar-refractivity contribution in [2.75, 3.05) is 37.4 Å². The van der Waals surface area contributed by atoms with Crippen molar-refractivity contribution in [3.8, 4) is 0 Å². The lowest BCUT2D eigenvalue weighted by molar-refractivity contribution is -0.120. The average molecular weight is 371 g/mol. The number of halogens is 1. The maximum absolute atomic E-state index is 12.7. The van der Waals surface area contributed by atoms with Gasteiger partial charge in [-0.05, 0) is 24.1 Å². The monoisotopic (exact) mass is 370 g/mol. The molecule has 3 heterocycles. The minimum Gasteiger partial charge on any atom is -0.354 e. The van der Waals surface area contributed by atoms with Gasteiger partial charge in [0.2, 0.25) is 5.91 Å². The van der Waals surface area contributed by atoms with Crippen LogP contribution in [0.5, 0.6) is 0 Å². The normalized spacial score (nSPS) is 21.0. The zero-order valence-electron chi connectivity index (χ0n) is 14.6. The topological polar surface area (TPSA) is 65.5 Å². The fraction of sp³-hybridized carbons (Fsp3) is 0.316. The molecule has 0 radical (unpaired) electrons. The molecule has 2 aromatic rings. The summed E-state index contributed by atoms with van der Waals surface area (Å²) in [4.78, 5) is 32.7. The zero-order valence-corrected chi connectivity index (χ0v) is 15.4. The minimum absolute atomic E-state index is 0.0247. The Morgan fingerprint density at radius 2 is 2.12 bits per heavy atom. The molecule has 1 unspecified atom stereocenters. The molecular formula is C19H19ClN4O2. The number of anilines is 2. The summed E-state index contributed by atoms with van der Waals surface area (Å²) in [6.45, 7) is 1.19. The van der Waals surface area contributed by atoms with E-state index in [9.17, 15) is 9.59 Å². The van der Waals surface area contributed by atoms with Gasteiger partial charge in [-0.2, -0.15) is 0 Å².